The van der Waals surface area contributed by atoms with Crippen molar-refractivity contribution in [3.05, 3.63) is 0 Å². The lowest BCUT2D eigenvalue weighted by atomic mass is 10.1. The summed E-state index contributed by atoms with van der Waals surface area (Å²) in [7, 11) is 3.64. The predicted octanol–water partition coefficient (Wildman–Crippen LogP) is 10.7. The molecule has 10 N–H and O–H groups in total. The van der Waals surface area contributed by atoms with Crippen molar-refractivity contribution in [1.29, 1.82) is 0 Å². The molecule has 14 nitrogen and oxygen atoms in total. The van der Waals surface area contributed by atoms with Crippen LogP contribution in [-0.2, 0) is 0 Å². The van der Waals surface area contributed by atoms with E-state index in [0.717, 1.165) is 76.5 Å². The third-order valence-corrected chi connectivity index (χ3v) is 12.7. The van der Waals surface area contributed by atoms with E-state index >= 15 is 0 Å². The molecular weight excluding hydrogens is 789 g/mol. The first kappa shape index (κ1) is 53.6. The van der Waals surface area contributed by atoms with Crippen LogP contribution >= 0.6 is 21.6 Å². The van der Waals surface area contributed by atoms with Gasteiger partial charge in [-0.3, -0.25) is 0 Å². The van der Waals surface area contributed by atoms with Crippen LogP contribution < -0.4 is 43.4 Å². The SMILES string of the molecule is CCCCCCCCCCCCCCNc1nc(NCCCN)nc(NCCSSCCNc2nc(NCCCN)nc(NCCCCCCCCCCCCCC)n2)n1. The zero-order valence-corrected chi connectivity index (χ0v) is 39.7. The second-order valence-corrected chi connectivity index (χ2v) is 18.6. The van der Waals surface area contributed by atoms with Crippen molar-refractivity contribution < 1.29 is 0 Å². The number of anilines is 6. The first-order valence-corrected chi connectivity index (χ1v) is 26.8. The standard InChI is InChI=1S/C44H88N14S2/c1-3-5-7-9-11-13-15-17-19-21-23-25-31-47-39-53-41(49-33-27-29-45)57-43(55-39)51-35-37-59-60-38-36-52-44-56-40(54-42(58-44)50-34-28-30-46)48-32-26-24-22-20-18-16-14-12-10-8-6-4-2/h3-38,45-46H2,1-2H3,(H3,47,49,51,53,55,57)(H3,48,50,52,54,56,58). The molecule has 0 atom stereocenters. The molecule has 2 aromatic heterocycles. The van der Waals surface area contributed by atoms with Crippen molar-refractivity contribution in [2.45, 2.75) is 181 Å². The van der Waals surface area contributed by atoms with E-state index in [-0.39, 0.29) is 0 Å². The molecule has 0 saturated carbocycles. The lowest BCUT2D eigenvalue weighted by Crippen LogP contribution is -2.16. The van der Waals surface area contributed by atoms with Crippen LogP contribution in [-0.4, -0.2) is 93.8 Å². The molecule has 60 heavy (non-hydrogen) atoms. The van der Waals surface area contributed by atoms with Crippen molar-refractivity contribution in [2.75, 3.05) is 95.8 Å². The van der Waals surface area contributed by atoms with Crippen molar-refractivity contribution in [3.8, 4) is 0 Å². The minimum absolute atomic E-state index is 0.574. The first-order valence-electron chi connectivity index (χ1n) is 24.3. The van der Waals surface area contributed by atoms with Crippen LogP contribution in [0.5, 0.6) is 0 Å². The van der Waals surface area contributed by atoms with Crippen molar-refractivity contribution in [3.63, 3.8) is 0 Å². The third kappa shape index (κ3) is 31.3. The zero-order valence-electron chi connectivity index (χ0n) is 38.1. The largest absolute Gasteiger partial charge is 0.354 e. The topological polar surface area (TPSA) is 202 Å². The van der Waals surface area contributed by atoms with Crippen LogP contribution in [0.4, 0.5) is 35.7 Å². The van der Waals surface area contributed by atoms with E-state index in [1.807, 2.05) is 21.6 Å². The first-order chi connectivity index (χ1) is 29.7. The number of unbranched alkanes of at least 4 members (excludes halogenated alkanes) is 22. The molecule has 0 spiro atoms. The van der Waals surface area contributed by atoms with Crippen molar-refractivity contribution >= 4 is 57.3 Å². The Hall–Kier alpha value is -2.56. The summed E-state index contributed by atoms with van der Waals surface area (Å²) in [5.41, 5.74) is 11.4. The van der Waals surface area contributed by atoms with Gasteiger partial charge in [0.25, 0.3) is 0 Å². The van der Waals surface area contributed by atoms with Gasteiger partial charge in [-0.2, -0.15) is 29.9 Å². The quantitative estimate of drug-likeness (QED) is 0.0230. The Bertz CT molecular complexity index is 1150. The molecule has 346 valence electrons. The maximum atomic E-state index is 5.71. The summed E-state index contributed by atoms with van der Waals surface area (Å²) in [5, 5.41) is 20.2. The highest BCUT2D eigenvalue weighted by molar-refractivity contribution is 8.76. The third-order valence-electron chi connectivity index (χ3n) is 10.2. The van der Waals surface area contributed by atoms with E-state index in [9.17, 15) is 0 Å². The summed E-state index contributed by atoms with van der Waals surface area (Å²) in [5.74, 6) is 5.34. The monoisotopic (exact) mass is 877 g/mol. The second-order valence-electron chi connectivity index (χ2n) is 15.9. The second kappa shape index (κ2) is 40.5. The summed E-state index contributed by atoms with van der Waals surface area (Å²) >= 11 is 0. The molecule has 0 aliphatic carbocycles. The number of nitrogens with two attached hydrogens (primary N) is 2. The van der Waals surface area contributed by atoms with E-state index < -0.39 is 0 Å². The number of hydrogen-bond donors (Lipinski definition) is 8. The van der Waals surface area contributed by atoms with Gasteiger partial charge in [0.15, 0.2) is 0 Å². The van der Waals surface area contributed by atoms with E-state index in [1.54, 1.807) is 0 Å². The minimum Gasteiger partial charge on any atom is -0.354 e. The van der Waals surface area contributed by atoms with Gasteiger partial charge in [-0.25, -0.2) is 0 Å². The average Bonchev–Trinajstić information content (AvgIpc) is 3.25. The van der Waals surface area contributed by atoms with Gasteiger partial charge in [0, 0.05) is 50.8 Å². The van der Waals surface area contributed by atoms with Crippen LogP contribution in [0, 0.1) is 0 Å². The van der Waals surface area contributed by atoms with Crippen LogP contribution in [0.25, 0.3) is 0 Å². The summed E-state index contributed by atoms with van der Waals surface area (Å²) in [6.07, 6.45) is 33.8. The molecule has 0 aliphatic heterocycles. The van der Waals surface area contributed by atoms with E-state index in [1.165, 1.54) is 141 Å². The molecule has 16 heteroatoms. The molecule has 0 saturated heterocycles. The van der Waals surface area contributed by atoms with Crippen LogP contribution in [0.1, 0.15) is 181 Å². The highest BCUT2D eigenvalue weighted by Gasteiger charge is 2.08. The number of hydrogen-bond acceptors (Lipinski definition) is 16. The van der Waals surface area contributed by atoms with Crippen molar-refractivity contribution in [2.24, 2.45) is 11.5 Å². The smallest absolute Gasteiger partial charge is 0.229 e. The van der Waals surface area contributed by atoms with Crippen molar-refractivity contribution in [1.82, 2.24) is 29.9 Å². The molecule has 0 aliphatic rings. The van der Waals surface area contributed by atoms with Gasteiger partial charge in [-0.1, -0.05) is 177 Å². The normalized spacial score (nSPS) is 11.2. The van der Waals surface area contributed by atoms with Crippen LogP contribution in [0.15, 0.2) is 0 Å². The fourth-order valence-electron chi connectivity index (χ4n) is 6.69. The Morgan fingerprint density at radius 3 is 0.767 bits per heavy atom. The lowest BCUT2D eigenvalue weighted by Gasteiger charge is -2.12. The summed E-state index contributed by atoms with van der Waals surface area (Å²) in [6.45, 7) is 10.5. The molecule has 2 heterocycles. The van der Waals surface area contributed by atoms with Gasteiger partial charge in [0.05, 0.1) is 0 Å². The van der Waals surface area contributed by atoms with Gasteiger partial charge in [0.2, 0.25) is 35.7 Å². The summed E-state index contributed by atoms with van der Waals surface area (Å²) < 4.78 is 0. The number of nitrogens with zero attached hydrogens (tertiary/aromatic N) is 6. The Morgan fingerprint density at radius 2 is 0.517 bits per heavy atom. The Balaban J connectivity index is 1.65. The van der Waals surface area contributed by atoms with Gasteiger partial charge in [-0.05, 0) is 38.8 Å². The summed E-state index contributed by atoms with van der Waals surface area (Å²) in [6, 6.07) is 0. The maximum absolute atomic E-state index is 5.71. The molecule has 0 unspecified atom stereocenters. The minimum atomic E-state index is 0.574. The van der Waals surface area contributed by atoms with Gasteiger partial charge >= 0.3 is 0 Å². The molecule has 2 aromatic rings. The lowest BCUT2D eigenvalue weighted by molar-refractivity contribution is 0.546. The highest BCUT2D eigenvalue weighted by atomic mass is 33.1. The highest BCUT2D eigenvalue weighted by Crippen LogP contribution is 2.21. The average molecular weight is 877 g/mol. The number of rotatable bonds is 45. The fraction of sp³-hybridized carbons (Fsp3) is 0.864. The van der Waals surface area contributed by atoms with E-state index in [2.05, 4.69) is 75.7 Å². The number of nitrogens with one attached hydrogen (secondary N) is 6. The molecule has 0 radical (unpaired) electrons. The molecular formula is C44H88N14S2. The van der Waals surface area contributed by atoms with E-state index in [0.29, 0.717) is 48.8 Å². The Kier molecular flexibility index (Phi) is 36.2. The zero-order chi connectivity index (χ0) is 42.8. The predicted molar refractivity (Wildman–Crippen MR) is 265 cm³/mol. The Morgan fingerprint density at radius 1 is 0.300 bits per heavy atom. The van der Waals surface area contributed by atoms with Gasteiger partial charge in [0.1, 0.15) is 0 Å². The van der Waals surface area contributed by atoms with Gasteiger partial charge in [-0.15, -0.1) is 0 Å². The molecule has 0 aromatic carbocycles. The molecule has 0 bridgehead atoms. The molecule has 0 fully saturated rings. The maximum Gasteiger partial charge on any atom is 0.229 e. The van der Waals surface area contributed by atoms with Crippen LogP contribution in [0.2, 0.25) is 0 Å². The van der Waals surface area contributed by atoms with E-state index in [4.69, 9.17) is 11.5 Å². The molecule has 2 rings (SSSR count). The fourth-order valence-corrected chi connectivity index (χ4v) is 8.50. The van der Waals surface area contributed by atoms with Gasteiger partial charge < -0.3 is 43.4 Å². The number of aromatic nitrogens is 6. The molecule has 0 amide bonds. The van der Waals surface area contributed by atoms with Crippen LogP contribution in [0.3, 0.4) is 0 Å². The Labute approximate surface area is 373 Å². The summed E-state index contributed by atoms with van der Waals surface area (Å²) in [4.78, 5) is 27.7.